The highest BCUT2D eigenvalue weighted by Gasteiger charge is 2.20. The molecular weight excluding hydrogens is 512 g/mol. The molecule has 0 amide bonds. The lowest BCUT2D eigenvalue weighted by atomic mass is 10.0. The number of aromatic nitrogens is 2. The Bertz CT molecular complexity index is 1160. The van der Waals surface area contributed by atoms with E-state index in [4.69, 9.17) is 0 Å². The zero-order chi connectivity index (χ0) is 27.3. The standard InChI is InChI=1S/C27H46N2O6S2/c1-3-4-5-6-7-8-9-10-11-12-13-14-15-16-17-26-28-25-21-24(37(33,34)35)20-23(27(25)29-26)19-18-22(2)36(30,31)32/h20-22H,3-19H2,1-2H3,(H,28,29)(H,30,31,32)(H,33,34,35). The average Bonchev–Trinajstić information content (AvgIpc) is 3.24. The van der Waals surface area contributed by atoms with Gasteiger partial charge in [0.1, 0.15) is 5.82 Å². The molecule has 1 heterocycles. The second kappa shape index (κ2) is 15.8. The molecule has 0 fully saturated rings. The van der Waals surface area contributed by atoms with E-state index >= 15 is 0 Å². The summed E-state index contributed by atoms with van der Waals surface area (Å²) in [5, 5.41) is -0.991. The first-order chi connectivity index (χ1) is 17.5. The fourth-order valence-electron chi connectivity index (χ4n) is 4.67. The van der Waals surface area contributed by atoms with Gasteiger partial charge in [-0.15, -0.1) is 0 Å². The molecule has 37 heavy (non-hydrogen) atoms. The Kier molecular flexibility index (Phi) is 13.6. The van der Waals surface area contributed by atoms with E-state index in [0.29, 0.717) is 16.6 Å². The largest absolute Gasteiger partial charge is 0.342 e. The first-order valence-electron chi connectivity index (χ1n) is 14.0. The number of hydrogen-bond donors (Lipinski definition) is 3. The minimum atomic E-state index is -4.44. The fourth-order valence-corrected chi connectivity index (χ4v) is 5.63. The van der Waals surface area contributed by atoms with Crippen molar-refractivity contribution in [3.63, 3.8) is 0 Å². The number of aryl methyl sites for hydroxylation is 2. The molecule has 2 rings (SSSR count). The van der Waals surface area contributed by atoms with Gasteiger partial charge in [0.2, 0.25) is 0 Å². The van der Waals surface area contributed by atoms with Crippen molar-refractivity contribution in [1.82, 2.24) is 9.97 Å². The first-order valence-corrected chi connectivity index (χ1v) is 16.9. The van der Waals surface area contributed by atoms with Crippen molar-refractivity contribution in [2.75, 3.05) is 0 Å². The number of nitrogens with zero attached hydrogens (tertiary/aromatic N) is 1. The Balaban J connectivity index is 1.78. The van der Waals surface area contributed by atoms with Crippen LogP contribution < -0.4 is 0 Å². The number of hydrogen-bond acceptors (Lipinski definition) is 5. The van der Waals surface area contributed by atoms with Gasteiger partial charge in [0, 0.05) is 6.42 Å². The topological polar surface area (TPSA) is 137 Å². The van der Waals surface area contributed by atoms with Gasteiger partial charge >= 0.3 is 0 Å². The molecule has 0 saturated heterocycles. The lowest BCUT2D eigenvalue weighted by Gasteiger charge is -2.09. The van der Waals surface area contributed by atoms with E-state index in [0.717, 1.165) is 25.1 Å². The monoisotopic (exact) mass is 558 g/mol. The molecule has 2 aromatic rings. The van der Waals surface area contributed by atoms with Gasteiger partial charge in [-0.3, -0.25) is 9.11 Å². The van der Waals surface area contributed by atoms with Crippen molar-refractivity contribution in [3.8, 4) is 0 Å². The number of fused-ring (bicyclic) bond motifs is 1. The lowest BCUT2D eigenvalue weighted by Crippen LogP contribution is -2.17. The third kappa shape index (κ3) is 11.8. The summed E-state index contributed by atoms with van der Waals surface area (Å²) >= 11 is 0. The van der Waals surface area contributed by atoms with Crippen LogP contribution in [-0.2, 0) is 33.1 Å². The quantitative estimate of drug-likeness (QED) is 0.117. The molecule has 8 nitrogen and oxygen atoms in total. The van der Waals surface area contributed by atoms with Crippen molar-refractivity contribution in [2.45, 2.75) is 133 Å². The van der Waals surface area contributed by atoms with Crippen molar-refractivity contribution in [3.05, 3.63) is 23.5 Å². The number of aromatic amines is 1. The number of rotatable bonds is 20. The maximum atomic E-state index is 11.7. The van der Waals surface area contributed by atoms with Crippen LogP contribution in [0.1, 0.15) is 122 Å². The van der Waals surface area contributed by atoms with E-state index in [1.807, 2.05) is 0 Å². The molecule has 1 atom stereocenters. The third-order valence-corrected chi connectivity index (χ3v) is 9.18. The van der Waals surface area contributed by atoms with Gasteiger partial charge in [-0.25, -0.2) is 4.98 Å². The molecular formula is C27H46N2O6S2. The van der Waals surface area contributed by atoms with Gasteiger partial charge in [0.25, 0.3) is 20.2 Å². The summed E-state index contributed by atoms with van der Waals surface area (Å²) in [5.41, 5.74) is 1.60. The van der Waals surface area contributed by atoms with E-state index < -0.39 is 25.5 Å². The SMILES string of the molecule is CCCCCCCCCCCCCCCCc1nc2cc(S(=O)(=O)O)cc(CCC(C)S(=O)(=O)O)c2[nH]1. The molecule has 0 spiro atoms. The number of H-pyrrole nitrogens is 1. The van der Waals surface area contributed by atoms with E-state index in [-0.39, 0.29) is 17.7 Å². The molecule has 0 aliphatic rings. The van der Waals surface area contributed by atoms with E-state index in [1.54, 1.807) is 0 Å². The molecule has 0 aliphatic carbocycles. The van der Waals surface area contributed by atoms with Crippen LogP contribution in [-0.4, -0.2) is 41.2 Å². The number of unbranched alkanes of at least 4 members (excludes halogenated alkanes) is 13. The van der Waals surface area contributed by atoms with Crippen molar-refractivity contribution in [2.24, 2.45) is 0 Å². The molecule has 1 aromatic heterocycles. The van der Waals surface area contributed by atoms with Crippen molar-refractivity contribution >= 4 is 31.3 Å². The molecule has 212 valence electrons. The highest BCUT2D eigenvalue weighted by atomic mass is 32.2. The summed E-state index contributed by atoms with van der Waals surface area (Å²) in [6.45, 7) is 3.65. The predicted molar refractivity (Wildman–Crippen MR) is 149 cm³/mol. The molecule has 1 unspecified atom stereocenters. The van der Waals surface area contributed by atoms with Gasteiger partial charge in [-0.05, 0) is 43.9 Å². The molecule has 1 aromatic carbocycles. The first kappa shape index (κ1) is 31.7. The number of imidazole rings is 1. The van der Waals surface area contributed by atoms with Gasteiger partial charge in [0.15, 0.2) is 0 Å². The molecule has 0 saturated carbocycles. The molecule has 0 radical (unpaired) electrons. The van der Waals surface area contributed by atoms with Crippen LogP contribution in [0.4, 0.5) is 0 Å². The van der Waals surface area contributed by atoms with Crippen LogP contribution >= 0.6 is 0 Å². The summed E-state index contributed by atoms with van der Waals surface area (Å²) in [6, 6.07) is 2.66. The van der Waals surface area contributed by atoms with Crippen molar-refractivity contribution in [1.29, 1.82) is 0 Å². The van der Waals surface area contributed by atoms with Gasteiger partial charge in [0.05, 0.1) is 21.2 Å². The summed E-state index contributed by atoms with van der Waals surface area (Å²) in [7, 11) is -8.62. The average molecular weight is 559 g/mol. The summed E-state index contributed by atoms with van der Waals surface area (Å²) < 4.78 is 64.9. The third-order valence-electron chi connectivity index (χ3n) is 7.09. The van der Waals surface area contributed by atoms with Crippen LogP contribution in [0.5, 0.6) is 0 Å². The van der Waals surface area contributed by atoms with Gasteiger partial charge in [-0.1, -0.05) is 90.4 Å². The number of benzene rings is 1. The highest BCUT2D eigenvalue weighted by molar-refractivity contribution is 7.86. The lowest BCUT2D eigenvalue weighted by molar-refractivity contribution is 0.465. The highest BCUT2D eigenvalue weighted by Crippen LogP contribution is 2.25. The summed E-state index contributed by atoms with van der Waals surface area (Å²) in [6.07, 6.45) is 19.0. The van der Waals surface area contributed by atoms with Crippen LogP contribution in [0.25, 0.3) is 11.0 Å². The zero-order valence-corrected chi connectivity index (χ0v) is 24.2. The normalized spacial score (nSPS) is 13.4. The Labute approximate surface area is 223 Å². The van der Waals surface area contributed by atoms with E-state index in [9.17, 15) is 25.9 Å². The minimum absolute atomic E-state index is 0.107. The Morgan fingerprint density at radius 3 is 1.78 bits per heavy atom. The van der Waals surface area contributed by atoms with E-state index in [1.165, 1.54) is 96.1 Å². The Morgan fingerprint density at radius 2 is 1.30 bits per heavy atom. The zero-order valence-electron chi connectivity index (χ0n) is 22.5. The summed E-state index contributed by atoms with van der Waals surface area (Å²) in [4.78, 5) is 7.50. The maximum absolute atomic E-state index is 11.7. The van der Waals surface area contributed by atoms with Gasteiger partial charge in [-0.2, -0.15) is 16.8 Å². The Hall–Kier alpha value is -1.49. The van der Waals surface area contributed by atoms with Gasteiger partial charge < -0.3 is 4.98 Å². The smallest absolute Gasteiger partial charge is 0.294 e. The molecule has 0 bridgehead atoms. The minimum Gasteiger partial charge on any atom is -0.342 e. The predicted octanol–water partition coefficient (Wildman–Crippen LogP) is 7.04. The van der Waals surface area contributed by atoms with Crippen molar-refractivity contribution < 1.29 is 25.9 Å². The Morgan fingerprint density at radius 1 is 0.784 bits per heavy atom. The molecule has 0 aliphatic heterocycles. The maximum Gasteiger partial charge on any atom is 0.294 e. The second-order valence-electron chi connectivity index (χ2n) is 10.3. The van der Waals surface area contributed by atoms with Crippen LogP contribution in [0.3, 0.4) is 0 Å². The van der Waals surface area contributed by atoms with Crippen LogP contribution in [0.15, 0.2) is 17.0 Å². The van der Waals surface area contributed by atoms with Crippen LogP contribution in [0.2, 0.25) is 0 Å². The van der Waals surface area contributed by atoms with E-state index in [2.05, 4.69) is 16.9 Å². The molecule has 3 N–H and O–H groups in total. The summed E-state index contributed by atoms with van der Waals surface area (Å²) in [5.74, 6) is 0.741. The van der Waals surface area contributed by atoms with Crippen LogP contribution in [0, 0.1) is 0 Å². The second-order valence-corrected chi connectivity index (χ2v) is 13.6. The fraction of sp³-hybridized carbons (Fsp3) is 0.741. The number of nitrogens with one attached hydrogen (secondary N) is 1. The molecule has 10 heteroatoms.